The van der Waals surface area contributed by atoms with E-state index in [1.165, 1.54) is 32.4 Å². The van der Waals surface area contributed by atoms with Crippen LogP contribution in [0.15, 0.2) is 23.8 Å². The van der Waals surface area contributed by atoms with E-state index in [0.29, 0.717) is 19.3 Å². The molecule has 0 unspecified atom stereocenters. The smallest absolute Gasteiger partial charge is 0.303 e. The number of likely N-dealkylation sites (tertiary alicyclic amines) is 1. The molecule has 4 amide bonds. The minimum absolute atomic E-state index is 0.0200. The second-order valence-electron chi connectivity index (χ2n) is 13.0. The molecule has 11 nitrogen and oxygen atoms in total. The first kappa shape index (κ1) is 37.3. The Labute approximate surface area is 301 Å². The van der Waals surface area contributed by atoms with Gasteiger partial charge in [-0.2, -0.15) is 0 Å². The highest BCUT2D eigenvalue weighted by Gasteiger charge is 2.77. The van der Waals surface area contributed by atoms with E-state index in [4.69, 9.17) is 37.8 Å². The summed E-state index contributed by atoms with van der Waals surface area (Å²) in [5, 5.41) is 19.6. The van der Waals surface area contributed by atoms with Crippen molar-refractivity contribution in [3.8, 4) is 17.2 Å². The van der Waals surface area contributed by atoms with E-state index in [0.717, 1.165) is 4.90 Å². The zero-order chi connectivity index (χ0) is 38.2. The molecule has 3 fully saturated rings. The molecule has 1 saturated carbocycles. The van der Waals surface area contributed by atoms with E-state index in [1.807, 2.05) is 0 Å². The number of carboxylic acid groups (broad SMARTS) is 1. The number of rotatable bonds is 10. The van der Waals surface area contributed by atoms with Gasteiger partial charge < -0.3 is 19.7 Å². The molecule has 18 heteroatoms. The van der Waals surface area contributed by atoms with Gasteiger partial charge in [-0.1, -0.05) is 18.1 Å². The van der Waals surface area contributed by atoms with Gasteiger partial charge in [-0.3, -0.25) is 28.9 Å². The molecule has 0 aromatic heterocycles. The molecular formula is C34H29Cl2F5N2O9. The van der Waals surface area contributed by atoms with Crippen LogP contribution >= 0.6 is 23.2 Å². The summed E-state index contributed by atoms with van der Waals surface area (Å²) in [5.74, 6) is -23.8. The Balaban J connectivity index is 1.51. The van der Waals surface area contributed by atoms with Gasteiger partial charge in [0, 0.05) is 18.9 Å². The third-order valence-electron chi connectivity index (χ3n) is 10.4. The number of phenols is 1. The number of anilines is 1. The quantitative estimate of drug-likeness (QED) is 0.0623. The first-order valence-corrected chi connectivity index (χ1v) is 16.7. The average molecular weight is 776 g/mol. The number of alkyl halides is 2. The molecule has 278 valence electrons. The van der Waals surface area contributed by atoms with Crippen LogP contribution in [0.3, 0.4) is 0 Å². The van der Waals surface area contributed by atoms with Crippen molar-refractivity contribution in [2.75, 3.05) is 25.7 Å². The first-order valence-electron chi connectivity index (χ1n) is 16.0. The van der Waals surface area contributed by atoms with Gasteiger partial charge in [0.15, 0.2) is 44.5 Å². The van der Waals surface area contributed by atoms with Crippen LogP contribution < -0.4 is 14.4 Å². The molecule has 2 heterocycles. The van der Waals surface area contributed by atoms with Crippen LogP contribution in [0.2, 0.25) is 0 Å². The maximum atomic E-state index is 15.2. The van der Waals surface area contributed by atoms with Crippen LogP contribution in [0.1, 0.15) is 50.0 Å². The van der Waals surface area contributed by atoms with Gasteiger partial charge in [0.2, 0.25) is 23.4 Å². The maximum absolute atomic E-state index is 15.2. The largest absolute Gasteiger partial charge is 0.502 e. The number of aromatic hydroxyl groups is 1. The molecule has 2 aliphatic carbocycles. The van der Waals surface area contributed by atoms with Crippen molar-refractivity contribution in [3.05, 3.63) is 58.4 Å². The molecule has 2 aliphatic heterocycles. The van der Waals surface area contributed by atoms with Crippen LogP contribution in [0.25, 0.3) is 0 Å². The minimum atomic E-state index is -2.77. The Morgan fingerprint density at radius 1 is 0.865 bits per heavy atom. The van der Waals surface area contributed by atoms with Crippen molar-refractivity contribution < 1.29 is 65.6 Å². The molecule has 0 radical (unpaired) electrons. The number of unbranched alkanes of at least 4 members (excludes halogenated alkanes) is 2. The van der Waals surface area contributed by atoms with Crippen LogP contribution in [0.4, 0.5) is 27.6 Å². The van der Waals surface area contributed by atoms with Crippen molar-refractivity contribution >= 4 is 58.5 Å². The normalized spacial score (nSPS) is 28.1. The number of nitrogens with zero attached hydrogens (tertiary/aromatic N) is 2. The topological polar surface area (TPSA) is 151 Å². The average Bonchev–Trinajstić information content (AvgIpc) is 3.44. The van der Waals surface area contributed by atoms with Crippen LogP contribution in [0, 0.1) is 46.8 Å². The van der Waals surface area contributed by atoms with Gasteiger partial charge >= 0.3 is 5.97 Å². The number of amides is 4. The highest BCUT2D eigenvalue weighted by atomic mass is 35.5. The van der Waals surface area contributed by atoms with Crippen molar-refractivity contribution in [2.24, 2.45) is 17.8 Å². The Bertz CT molecular complexity index is 1930. The van der Waals surface area contributed by atoms with E-state index >= 15 is 8.78 Å². The first-order chi connectivity index (χ1) is 24.5. The van der Waals surface area contributed by atoms with E-state index in [2.05, 4.69) is 0 Å². The van der Waals surface area contributed by atoms with E-state index in [-0.39, 0.29) is 46.9 Å². The van der Waals surface area contributed by atoms with Crippen molar-refractivity contribution in [1.82, 2.24) is 4.90 Å². The Kier molecular flexibility index (Phi) is 9.48. The van der Waals surface area contributed by atoms with Crippen molar-refractivity contribution in [2.45, 2.75) is 54.2 Å². The second kappa shape index (κ2) is 13.2. The number of carbonyl (C=O) groups excluding carboxylic acids is 4. The summed E-state index contributed by atoms with van der Waals surface area (Å²) in [6.45, 7) is -0.0426. The van der Waals surface area contributed by atoms with E-state index < -0.39 is 110 Å². The Morgan fingerprint density at radius 2 is 1.44 bits per heavy atom. The number of halogens is 7. The molecule has 52 heavy (non-hydrogen) atoms. The fourth-order valence-electron chi connectivity index (χ4n) is 8.03. The number of allylic oxidation sites excluding steroid dienone is 2. The number of ether oxygens (including phenoxy) is 2. The fraction of sp³-hybridized carbons (Fsp3) is 0.441. The third kappa shape index (κ3) is 5.15. The zero-order valence-corrected chi connectivity index (χ0v) is 28.8. The lowest BCUT2D eigenvalue weighted by atomic mass is 9.56. The lowest BCUT2D eigenvalue weighted by molar-refractivity contribution is -0.141. The molecule has 0 spiro atoms. The van der Waals surface area contributed by atoms with Crippen molar-refractivity contribution in [3.63, 3.8) is 0 Å². The summed E-state index contributed by atoms with van der Waals surface area (Å²) in [6, 6.07) is 2.42. The molecule has 6 rings (SSSR count). The number of carboxylic acids is 1. The maximum Gasteiger partial charge on any atom is 0.303 e. The second-order valence-corrected chi connectivity index (χ2v) is 14.2. The van der Waals surface area contributed by atoms with Gasteiger partial charge in [0.25, 0.3) is 11.8 Å². The van der Waals surface area contributed by atoms with Crippen LogP contribution in [-0.2, 0) is 24.0 Å². The summed E-state index contributed by atoms with van der Waals surface area (Å²) in [7, 11) is 2.37. The highest BCUT2D eigenvalue weighted by molar-refractivity contribution is 6.58. The molecule has 2 aromatic carbocycles. The summed E-state index contributed by atoms with van der Waals surface area (Å²) in [4.78, 5) is 62.5. The standard InChI is InChI=1S/C34H29Cl2F5N2O9/c1-51-17-10-13(11-18(52-2)28(17)46)21-14-7-8-15-20(30(48)42(29(15)47)9-5-3-4-6-19(44)45)16(14)12-33(35)31(49)43(32(50)34(21,33)36)27-25(40)23(38)22(37)24(39)26(27)41/h7,10-11,15-16,20-21,46H,3-6,8-9,12H2,1-2H3,(H,44,45)/t15-,16+,20-,21-,33+,34-/m0/s1. The summed E-state index contributed by atoms with van der Waals surface area (Å²) in [6.07, 6.45) is 1.66. The number of carbonyl (C=O) groups is 5. The number of imide groups is 2. The number of methoxy groups -OCH3 is 2. The number of aliphatic carboxylic acids is 1. The SMILES string of the molecule is COc1cc([C@H]2C3=CC[C@@H]4C(=O)N(CCCCCC(=O)O)C(=O)[C@@H]4[C@@H]3C[C@@]3(Cl)C(=O)N(c4c(F)c(F)c(F)c(F)c4F)C(=O)[C@@]23Cl)cc(OC)c1O. The van der Waals surface area contributed by atoms with Gasteiger partial charge in [-0.15, -0.1) is 23.2 Å². The predicted octanol–water partition coefficient (Wildman–Crippen LogP) is 5.31. The molecule has 2 saturated heterocycles. The predicted molar refractivity (Wildman–Crippen MR) is 170 cm³/mol. The monoisotopic (exact) mass is 774 g/mol. The third-order valence-corrected chi connectivity index (χ3v) is 11.8. The Hall–Kier alpha value is -4.44. The van der Waals surface area contributed by atoms with Crippen LogP contribution in [0.5, 0.6) is 17.2 Å². The molecule has 2 aromatic rings. The van der Waals surface area contributed by atoms with Gasteiger partial charge in [-0.25, -0.2) is 26.9 Å². The number of phenolic OH excluding ortho intramolecular Hbond substituents is 1. The number of benzene rings is 2. The van der Waals surface area contributed by atoms with Gasteiger partial charge in [-0.05, 0) is 49.3 Å². The molecule has 4 aliphatic rings. The minimum Gasteiger partial charge on any atom is -0.502 e. The molecule has 2 N–H and O–H groups in total. The summed E-state index contributed by atoms with van der Waals surface area (Å²) < 4.78 is 84.0. The summed E-state index contributed by atoms with van der Waals surface area (Å²) >= 11 is 14.3. The number of fused-ring (bicyclic) bond motifs is 4. The summed E-state index contributed by atoms with van der Waals surface area (Å²) in [5.41, 5.74) is -1.72. The fourth-order valence-corrected chi connectivity index (χ4v) is 8.96. The molecular weight excluding hydrogens is 746 g/mol. The highest BCUT2D eigenvalue weighted by Crippen LogP contribution is 2.66. The van der Waals surface area contributed by atoms with Crippen molar-refractivity contribution in [1.29, 1.82) is 0 Å². The number of hydrogen-bond acceptors (Lipinski definition) is 8. The number of hydrogen-bond donors (Lipinski definition) is 2. The van der Waals surface area contributed by atoms with E-state index in [9.17, 15) is 42.3 Å². The zero-order valence-electron chi connectivity index (χ0n) is 27.3. The van der Waals surface area contributed by atoms with E-state index in [1.54, 1.807) is 0 Å². The lowest BCUT2D eigenvalue weighted by Gasteiger charge is -2.50. The lowest BCUT2D eigenvalue weighted by Crippen LogP contribution is -2.60. The van der Waals surface area contributed by atoms with Crippen LogP contribution in [-0.4, -0.2) is 75.2 Å². The Morgan fingerprint density at radius 3 is 2.00 bits per heavy atom. The van der Waals surface area contributed by atoms with Gasteiger partial charge in [0.05, 0.1) is 26.1 Å². The molecule has 0 bridgehead atoms. The van der Waals surface area contributed by atoms with Gasteiger partial charge in [0.1, 0.15) is 5.69 Å². The molecule has 6 atom stereocenters.